The maximum Gasteiger partial charge on any atom is 0.271 e. The lowest BCUT2D eigenvalue weighted by atomic mass is 10.2. The fourth-order valence-electron chi connectivity index (χ4n) is 2.15. The van der Waals surface area contributed by atoms with Crippen molar-refractivity contribution in [3.05, 3.63) is 58.6 Å². The normalized spacial score (nSPS) is 10.1. The van der Waals surface area contributed by atoms with Crippen LogP contribution >= 0.6 is 11.6 Å². The van der Waals surface area contributed by atoms with Crippen molar-refractivity contribution in [3.63, 3.8) is 0 Å². The number of hydrogen-bond acceptors (Lipinski definition) is 4. The summed E-state index contributed by atoms with van der Waals surface area (Å²) in [4.78, 5) is 24.4. The molecular formula is C19H21ClN2O4. The number of nitrogens with one attached hydrogen (secondary N) is 2. The predicted octanol–water partition coefficient (Wildman–Crippen LogP) is 3.60. The number of ether oxygens (including phenoxy) is 2. The van der Waals surface area contributed by atoms with Gasteiger partial charge in [-0.05, 0) is 43.7 Å². The molecule has 2 N–H and O–H groups in total. The lowest BCUT2D eigenvalue weighted by Gasteiger charge is -2.13. The van der Waals surface area contributed by atoms with Crippen LogP contribution in [0.5, 0.6) is 11.5 Å². The van der Waals surface area contributed by atoms with Crippen molar-refractivity contribution in [2.45, 2.75) is 20.3 Å². The van der Waals surface area contributed by atoms with E-state index in [-0.39, 0.29) is 5.56 Å². The average molecular weight is 377 g/mol. The standard InChI is InChI=1S/C19H21ClN2O4/c1-3-11-26-16-10-9-13(12-17(16)25-4-2)18(23)21-22-19(24)14-7-5-6-8-15(14)20/h5-10,12H,3-4,11H2,1-2H3,(H,21,23)(H,22,24). The molecule has 0 bridgehead atoms. The molecule has 0 aliphatic heterocycles. The third kappa shape index (κ3) is 5.13. The van der Waals surface area contributed by atoms with Crippen molar-refractivity contribution in [2.75, 3.05) is 13.2 Å². The molecule has 0 atom stereocenters. The zero-order chi connectivity index (χ0) is 18.9. The zero-order valence-electron chi connectivity index (χ0n) is 14.7. The van der Waals surface area contributed by atoms with Crippen molar-refractivity contribution in [1.29, 1.82) is 0 Å². The van der Waals surface area contributed by atoms with Crippen molar-refractivity contribution < 1.29 is 19.1 Å². The molecule has 0 fully saturated rings. The van der Waals surface area contributed by atoms with Crippen molar-refractivity contribution in [3.8, 4) is 11.5 Å². The number of rotatable bonds is 7. The summed E-state index contributed by atoms with van der Waals surface area (Å²) in [6, 6.07) is 11.4. The van der Waals surface area contributed by atoms with Crippen molar-refractivity contribution in [1.82, 2.24) is 10.9 Å². The Morgan fingerprint density at radius 1 is 0.962 bits per heavy atom. The third-order valence-corrected chi connectivity index (χ3v) is 3.71. The summed E-state index contributed by atoms with van der Waals surface area (Å²) >= 11 is 5.96. The van der Waals surface area contributed by atoms with Gasteiger partial charge in [-0.2, -0.15) is 0 Å². The van der Waals surface area contributed by atoms with E-state index in [0.717, 1.165) is 6.42 Å². The molecule has 26 heavy (non-hydrogen) atoms. The van der Waals surface area contributed by atoms with Gasteiger partial charge in [0, 0.05) is 5.56 Å². The minimum Gasteiger partial charge on any atom is -0.490 e. The van der Waals surface area contributed by atoms with Crippen LogP contribution in [0.25, 0.3) is 0 Å². The number of benzene rings is 2. The van der Waals surface area contributed by atoms with Crippen LogP contribution in [0.15, 0.2) is 42.5 Å². The Kier molecular flexibility index (Phi) is 7.29. The van der Waals surface area contributed by atoms with E-state index in [2.05, 4.69) is 10.9 Å². The lowest BCUT2D eigenvalue weighted by Crippen LogP contribution is -2.41. The van der Waals surface area contributed by atoms with Gasteiger partial charge < -0.3 is 9.47 Å². The first-order valence-corrected chi connectivity index (χ1v) is 8.69. The van der Waals surface area contributed by atoms with Gasteiger partial charge in [-0.25, -0.2) is 0 Å². The maximum absolute atomic E-state index is 12.3. The van der Waals surface area contributed by atoms with E-state index >= 15 is 0 Å². The minimum atomic E-state index is -0.503. The SMILES string of the molecule is CCCOc1ccc(C(=O)NNC(=O)c2ccccc2Cl)cc1OCC. The van der Waals surface area contributed by atoms with Crippen LogP contribution < -0.4 is 20.3 Å². The van der Waals surface area contributed by atoms with Crippen LogP contribution in [0.2, 0.25) is 5.02 Å². The highest BCUT2D eigenvalue weighted by Crippen LogP contribution is 2.28. The van der Waals surface area contributed by atoms with Crippen LogP contribution in [0.4, 0.5) is 0 Å². The van der Waals surface area contributed by atoms with Gasteiger partial charge in [0.25, 0.3) is 11.8 Å². The molecule has 6 nitrogen and oxygen atoms in total. The first kappa shape index (κ1) is 19.6. The molecule has 2 amide bonds. The van der Waals surface area contributed by atoms with E-state index in [1.54, 1.807) is 42.5 Å². The highest BCUT2D eigenvalue weighted by Gasteiger charge is 2.14. The quantitative estimate of drug-likeness (QED) is 0.724. The largest absolute Gasteiger partial charge is 0.490 e. The first-order chi connectivity index (χ1) is 12.6. The summed E-state index contributed by atoms with van der Waals surface area (Å²) in [7, 11) is 0. The van der Waals surface area contributed by atoms with Gasteiger partial charge in [-0.3, -0.25) is 20.4 Å². The Labute approximate surface area is 157 Å². The van der Waals surface area contributed by atoms with Gasteiger partial charge in [0.1, 0.15) is 0 Å². The number of carbonyl (C=O) groups is 2. The summed E-state index contributed by atoms with van der Waals surface area (Å²) in [6.45, 7) is 4.85. The number of carbonyl (C=O) groups excluding carboxylic acids is 2. The molecule has 0 saturated carbocycles. The van der Waals surface area contributed by atoms with E-state index in [1.165, 1.54) is 0 Å². The van der Waals surface area contributed by atoms with Crippen molar-refractivity contribution >= 4 is 23.4 Å². The Hall–Kier alpha value is -2.73. The van der Waals surface area contributed by atoms with Gasteiger partial charge in [0.2, 0.25) is 0 Å². The van der Waals surface area contributed by atoms with E-state index < -0.39 is 11.8 Å². The van der Waals surface area contributed by atoms with E-state index in [1.807, 2.05) is 13.8 Å². The molecule has 7 heteroatoms. The topological polar surface area (TPSA) is 76.7 Å². The number of hydrazine groups is 1. The molecule has 0 aromatic heterocycles. The molecule has 0 spiro atoms. The molecule has 0 heterocycles. The van der Waals surface area contributed by atoms with E-state index in [0.29, 0.717) is 35.3 Å². The highest BCUT2D eigenvalue weighted by atomic mass is 35.5. The minimum absolute atomic E-state index is 0.271. The first-order valence-electron chi connectivity index (χ1n) is 8.31. The van der Waals surface area contributed by atoms with Crippen LogP contribution in [0.3, 0.4) is 0 Å². The molecule has 0 radical (unpaired) electrons. The molecular weight excluding hydrogens is 356 g/mol. The summed E-state index contributed by atoms with van der Waals surface area (Å²) in [6.07, 6.45) is 0.863. The number of amides is 2. The number of hydrogen-bond donors (Lipinski definition) is 2. The molecule has 2 aromatic carbocycles. The van der Waals surface area contributed by atoms with Crippen LogP contribution in [0.1, 0.15) is 41.0 Å². The second kappa shape index (κ2) is 9.68. The second-order valence-corrected chi connectivity index (χ2v) is 5.74. The molecule has 0 unspecified atom stereocenters. The Balaban J connectivity index is 2.05. The Morgan fingerprint density at radius 2 is 1.69 bits per heavy atom. The fourth-order valence-corrected chi connectivity index (χ4v) is 2.37. The van der Waals surface area contributed by atoms with Gasteiger partial charge in [0.05, 0.1) is 23.8 Å². The second-order valence-electron chi connectivity index (χ2n) is 5.33. The molecule has 2 aromatic rings. The molecule has 0 saturated heterocycles. The molecule has 2 rings (SSSR count). The lowest BCUT2D eigenvalue weighted by molar-refractivity contribution is 0.0846. The highest BCUT2D eigenvalue weighted by molar-refractivity contribution is 6.33. The van der Waals surface area contributed by atoms with Gasteiger partial charge >= 0.3 is 0 Å². The average Bonchev–Trinajstić information content (AvgIpc) is 2.65. The summed E-state index contributed by atoms with van der Waals surface area (Å²) in [5.74, 6) is 0.0710. The van der Waals surface area contributed by atoms with E-state index in [4.69, 9.17) is 21.1 Å². The van der Waals surface area contributed by atoms with Gasteiger partial charge in [0.15, 0.2) is 11.5 Å². The van der Waals surface area contributed by atoms with Crippen LogP contribution in [-0.4, -0.2) is 25.0 Å². The zero-order valence-corrected chi connectivity index (χ0v) is 15.4. The molecule has 138 valence electrons. The predicted molar refractivity (Wildman–Crippen MR) is 99.8 cm³/mol. The monoisotopic (exact) mass is 376 g/mol. The fraction of sp³-hybridized carbons (Fsp3) is 0.263. The maximum atomic E-state index is 12.3. The Bertz CT molecular complexity index is 780. The smallest absolute Gasteiger partial charge is 0.271 e. The van der Waals surface area contributed by atoms with Gasteiger partial charge in [-0.1, -0.05) is 30.7 Å². The Morgan fingerprint density at radius 3 is 2.38 bits per heavy atom. The molecule has 0 aliphatic rings. The van der Waals surface area contributed by atoms with Crippen molar-refractivity contribution in [2.24, 2.45) is 0 Å². The van der Waals surface area contributed by atoms with E-state index in [9.17, 15) is 9.59 Å². The third-order valence-electron chi connectivity index (χ3n) is 3.38. The van der Waals surface area contributed by atoms with Crippen LogP contribution in [-0.2, 0) is 0 Å². The van der Waals surface area contributed by atoms with Gasteiger partial charge in [-0.15, -0.1) is 0 Å². The summed E-state index contributed by atoms with van der Waals surface area (Å²) in [5.41, 5.74) is 5.31. The molecule has 0 aliphatic carbocycles. The summed E-state index contributed by atoms with van der Waals surface area (Å²) in [5, 5.41) is 0.301. The summed E-state index contributed by atoms with van der Waals surface area (Å²) < 4.78 is 11.1. The number of halogens is 1. The van der Waals surface area contributed by atoms with Crippen LogP contribution in [0, 0.1) is 0 Å².